The molecule has 11 nitrogen and oxygen atoms in total. The maximum atomic E-state index is 13.5. The Hall–Kier alpha value is -4.22. The monoisotopic (exact) mass is 592 g/mol. The third kappa shape index (κ3) is 9.65. The molecular weight excluding hydrogens is 548 g/mol. The van der Waals surface area contributed by atoms with Gasteiger partial charge in [-0.15, -0.1) is 0 Å². The number of carboxylic acids is 1. The van der Waals surface area contributed by atoms with Gasteiger partial charge in [0.25, 0.3) is 0 Å². The summed E-state index contributed by atoms with van der Waals surface area (Å²) in [5.74, 6) is -3.08. The Morgan fingerprint density at radius 2 is 1.53 bits per heavy atom. The Bertz CT molecular complexity index is 1360. The average molecular weight is 593 g/mol. The van der Waals surface area contributed by atoms with Crippen LogP contribution in [0.5, 0.6) is 0 Å². The van der Waals surface area contributed by atoms with Crippen LogP contribution in [0.15, 0.2) is 60.8 Å². The van der Waals surface area contributed by atoms with Crippen molar-refractivity contribution in [2.24, 2.45) is 17.4 Å². The highest BCUT2D eigenvalue weighted by molar-refractivity contribution is 5.94. The average Bonchev–Trinajstić information content (AvgIpc) is 3.41. The molecule has 232 valence electrons. The van der Waals surface area contributed by atoms with Gasteiger partial charge in [-0.2, -0.15) is 0 Å². The van der Waals surface area contributed by atoms with Crippen LogP contribution < -0.4 is 27.4 Å². The fourth-order valence-corrected chi connectivity index (χ4v) is 4.94. The van der Waals surface area contributed by atoms with Crippen LogP contribution in [0.3, 0.4) is 0 Å². The van der Waals surface area contributed by atoms with Gasteiger partial charge in [0.1, 0.15) is 18.1 Å². The van der Waals surface area contributed by atoms with Gasteiger partial charge in [0.15, 0.2) is 0 Å². The molecular formula is C32H44N6O5. The molecule has 2 aromatic carbocycles. The number of benzene rings is 2. The second-order valence-corrected chi connectivity index (χ2v) is 11.0. The third-order valence-corrected chi connectivity index (χ3v) is 7.72. The van der Waals surface area contributed by atoms with Gasteiger partial charge in [-0.05, 0) is 55.3 Å². The molecule has 0 saturated heterocycles. The quantitative estimate of drug-likeness (QED) is 0.117. The zero-order valence-corrected chi connectivity index (χ0v) is 24.8. The Labute approximate surface area is 252 Å². The van der Waals surface area contributed by atoms with E-state index in [1.54, 1.807) is 6.20 Å². The van der Waals surface area contributed by atoms with Crippen LogP contribution >= 0.6 is 0 Å². The SMILES string of the molecule is CCC(C)C(NC(=O)C(N)Cc1ccccc1)C(=O)NC(CCCCN)C(=O)NC(Cc1c[nH]c2ccccc12)C(=O)O. The lowest BCUT2D eigenvalue weighted by Gasteiger charge is -2.28. The molecule has 9 N–H and O–H groups in total. The fraction of sp³-hybridized carbons (Fsp3) is 0.438. The van der Waals surface area contributed by atoms with Crippen molar-refractivity contribution in [3.05, 3.63) is 71.9 Å². The minimum atomic E-state index is -1.22. The fourth-order valence-electron chi connectivity index (χ4n) is 4.94. The van der Waals surface area contributed by atoms with E-state index in [1.165, 1.54) is 0 Å². The largest absolute Gasteiger partial charge is 0.480 e. The van der Waals surface area contributed by atoms with Crippen molar-refractivity contribution in [3.63, 3.8) is 0 Å². The van der Waals surface area contributed by atoms with Crippen molar-refractivity contribution >= 4 is 34.6 Å². The third-order valence-electron chi connectivity index (χ3n) is 7.72. The minimum absolute atomic E-state index is 0.0550. The lowest BCUT2D eigenvalue weighted by molar-refractivity contribution is -0.142. The van der Waals surface area contributed by atoms with Crippen molar-refractivity contribution in [1.82, 2.24) is 20.9 Å². The number of hydrogen-bond acceptors (Lipinski definition) is 6. The summed E-state index contributed by atoms with van der Waals surface area (Å²) >= 11 is 0. The molecule has 0 saturated carbocycles. The molecule has 11 heteroatoms. The Kier molecular flexibility index (Phi) is 12.7. The number of aromatic amines is 1. The normalized spacial score (nSPS) is 14.7. The number of aliphatic carboxylic acids is 1. The zero-order chi connectivity index (χ0) is 31.4. The number of H-pyrrole nitrogens is 1. The standard InChI is InChI=1S/C32H44N6O5/c1-3-20(2)28(38-29(39)24(34)17-21-11-5-4-6-12-21)31(41)36-26(15-9-10-16-33)30(40)37-27(32(42)43)18-22-19-35-25-14-8-7-13-23(22)25/h4-8,11-14,19-20,24,26-28,35H,3,9-10,15-18,33-34H2,1-2H3,(H,36,41)(H,37,40)(H,38,39)(H,42,43). The number of rotatable bonds is 17. The minimum Gasteiger partial charge on any atom is -0.480 e. The summed E-state index contributed by atoms with van der Waals surface area (Å²) in [4.78, 5) is 55.3. The van der Waals surface area contributed by atoms with Crippen LogP contribution in [0.1, 0.15) is 50.7 Å². The predicted octanol–water partition coefficient (Wildman–Crippen LogP) is 1.99. The number of carboxylic acid groups (broad SMARTS) is 1. The predicted molar refractivity (Wildman–Crippen MR) is 166 cm³/mol. The number of amides is 3. The topological polar surface area (TPSA) is 192 Å². The van der Waals surface area contributed by atoms with Crippen LogP contribution in [-0.4, -0.2) is 64.5 Å². The number of para-hydroxylation sites is 1. The van der Waals surface area contributed by atoms with Gasteiger partial charge in [0.2, 0.25) is 17.7 Å². The second-order valence-electron chi connectivity index (χ2n) is 11.0. The van der Waals surface area contributed by atoms with Gasteiger partial charge in [-0.3, -0.25) is 14.4 Å². The van der Waals surface area contributed by atoms with E-state index in [4.69, 9.17) is 11.5 Å². The molecule has 0 spiro atoms. The summed E-state index contributed by atoms with van der Waals surface area (Å²) in [6, 6.07) is 12.8. The first-order valence-electron chi connectivity index (χ1n) is 14.8. The molecule has 43 heavy (non-hydrogen) atoms. The highest BCUT2D eigenvalue weighted by Gasteiger charge is 2.32. The molecule has 0 aliphatic heterocycles. The lowest BCUT2D eigenvalue weighted by Crippen LogP contribution is -2.59. The van der Waals surface area contributed by atoms with Gasteiger partial charge in [-0.25, -0.2) is 4.79 Å². The Morgan fingerprint density at radius 1 is 0.860 bits per heavy atom. The molecule has 5 atom stereocenters. The van der Waals surface area contributed by atoms with Crippen LogP contribution in [-0.2, 0) is 32.0 Å². The maximum Gasteiger partial charge on any atom is 0.326 e. The van der Waals surface area contributed by atoms with Crippen LogP contribution in [0.2, 0.25) is 0 Å². The summed E-state index contributed by atoms with van der Waals surface area (Å²) in [5, 5.41) is 19.0. The van der Waals surface area contributed by atoms with E-state index in [0.717, 1.165) is 22.0 Å². The van der Waals surface area contributed by atoms with Crippen molar-refractivity contribution in [3.8, 4) is 0 Å². The van der Waals surface area contributed by atoms with Crippen molar-refractivity contribution in [1.29, 1.82) is 0 Å². The molecule has 1 aromatic heterocycles. The number of hydrogen-bond donors (Lipinski definition) is 7. The van der Waals surface area contributed by atoms with E-state index in [-0.39, 0.29) is 18.8 Å². The Morgan fingerprint density at radius 3 is 2.21 bits per heavy atom. The molecule has 3 amide bonds. The van der Waals surface area contributed by atoms with E-state index in [9.17, 15) is 24.3 Å². The molecule has 3 aromatic rings. The summed E-state index contributed by atoms with van der Waals surface area (Å²) in [6.07, 6.45) is 4.09. The molecule has 3 rings (SSSR count). The van der Waals surface area contributed by atoms with Gasteiger partial charge < -0.3 is 37.5 Å². The maximum absolute atomic E-state index is 13.5. The summed E-state index contributed by atoms with van der Waals surface area (Å²) < 4.78 is 0. The number of unbranched alkanes of at least 4 members (excludes halogenated alkanes) is 1. The number of fused-ring (bicyclic) bond motifs is 1. The first kappa shape index (κ1) is 33.3. The van der Waals surface area contributed by atoms with Crippen LogP contribution in [0.4, 0.5) is 0 Å². The van der Waals surface area contributed by atoms with Crippen molar-refractivity contribution in [2.45, 2.75) is 76.5 Å². The van der Waals surface area contributed by atoms with Gasteiger partial charge in [-0.1, -0.05) is 68.8 Å². The number of carbonyl (C=O) groups is 4. The van der Waals surface area contributed by atoms with Gasteiger partial charge in [0, 0.05) is 23.5 Å². The molecule has 0 bridgehead atoms. The zero-order valence-electron chi connectivity index (χ0n) is 24.8. The summed E-state index contributed by atoms with van der Waals surface area (Å²) in [7, 11) is 0. The van der Waals surface area contributed by atoms with Gasteiger partial charge >= 0.3 is 5.97 Å². The highest BCUT2D eigenvalue weighted by Crippen LogP contribution is 2.19. The van der Waals surface area contributed by atoms with E-state index < -0.39 is 47.9 Å². The van der Waals surface area contributed by atoms with Crippen LogP contribution in [0.25, 0.3) is 10.9 Å². The molecule has 0 aliphatic rings. The number of nitrogens with two attached hydrogens (primary N) is 2. The first-order chi connectivity index (χ1) is 20.6. The number of aromatic nitrogens is 1. The molecule has 0 radical (unpaired) electrons. The van der Waals surface area contributed by atoms with Crippen LogP contribution in [0, 0.1) is 5.92 Å². The lowest BCUT2D eigenvalue weighted by atomic mass is 9.96. The number of nitrogens with one attached hydrogen (secondary N) is 4. The Balaban J connectivity index is 1.72. The second kappa shape index (κ2) is 16.4. The number of carbonyl (C=O) groups excluding carboxylic acids is 3. The highest BCUT2D eigenvalue weighted by atomic mass is 16.4. The molecule has 0 aliphatic carbocycles. The van der Waals surface area contributed by atoms with Crippen molar-refractivity contribution in [2.75, 3.05) is 6.54 Å². The van der Waals surface area contributed by atoms with E-state index in [2.05, 4.69) is 20.9 Å². The first-order valence-corrected chi connectivity index (χ1v) is 14.8. The van der Waals surface area contributed by atoms with E-state index >= 15 is 0 Å². The van der Waals surface area contributed by atoms with Crippen molar-refractivity contribution < 1.29 is 24.3 Å². The van der Waals surface area contributed by atoms with E-state index in [1.807, 2.05) is 68.4 Å². The summed E-state index contributed by atoms with van der Waals surface area (Å²) in [5.41, 5.74) is 14.3. The molecule has 1 heterocycles. The van der Waals surface area contributed by atoms with Gasteiger partial charge in [0.05, 0.1) is 6.04 Å². The molecule has 0 fully saturated rings. The smallest absolute Gasteiger partial charge is 0.326 e. The molecule has 5 unspecified atom stereocenters. The van der Waals surface area contributed by atoms with E-state index in [0.29, 0.717) is 32.2 Å². The summed E-state index contributed by atoms with van der Waals surface area (Å²) in [6.45, 7) is 4.14.